The van der Waals surface area contributed by atoms with E-state index >= 15 is 0 Å². The molecule has 1 unspecified atom stereocenters. The summed E-state index contributed by atoms with van der Waals surface area (Å²) in [4.78, 5) is 3.51. The molecule has 1 atom stereocenters. The summed E-state index contributed by atoms with van der Waals surface area (Å²) in [6, 6.07) is 0. The maximum absolute atomic E-state index is 12.4. The van der Waals surface area contributed by atoms with Crippen LogP contribution in [-0.2, 0) is 4.74 Å². The van der Waals surface area contributed by atoms with E-state index in [-0.39, 0.29) is 25.7 Å². The van der Waals surface area contributed by atoms with Gasteiger partial charge in [0.2, 0.25) is 0 Å². The molecule has 18 heavy (non-hydrogen) atoms. The standard InChI is InChI=1S/C11H22F3N3O/c1-2-16-5-6-18-10(7-16)8-17(4-3-15)9-11(12,13)14/h10H,2-9,15H2,1H3. The third-order valence-electron chi connectivity index (χ3n) is 2.98. The van der Waals surface area contributed by atoms with Crippen LogP contribution in [0.1, 0.15) is 6.92 Å². The average Bonchev–Trinajstić information content (AvgIpc) is 2.27. The molecule has 1 rings (SSSR count). The number of likely N-dealkylation sites (N-methyl/N-ethyl adjacent to an activating group) is 1. The molecule has 108 valence electrons. The van der Waals surface area contributed by atoms with Crippen LogP contribution in [0.25, 0.3) is 0 Å². The molecule has 0 bridgehead atoms. The monoisotopic (exact) mass is 269 g/mol. The summed E-state index contributed by atoms with van der Waals surface area (Å²) in [7, 11) is 0. The topological polar surface area (TPSA) is 41.7 Å². The summed E-state index contributed by atoms with van der Waals surface area (Å²) in [5.41, 5.74) is 5.35. The lowest BCUT2D eigenvalue weighted by Gasteiger charge is -2.35. The molecule has 1 fully saturated rings. The Morgan fingerprint density at radius 2 is 2.17 bits per heavy atom. The van der Waals surface area contributed by atoms with Crippen LogP contribution in [-0.4, -0.2) is 74.5 Å². The molecule has 0 saturated carbocycles. The molecule has 0 amide bonds. The Morgan fingerprint density at radius 1 is 1.44 bits per heavy atom. The first-order valence-corrected chi connectivity index (χ1v) is 6.27. The number of nitrogens with two attached hydrogens (primary N) is 1. The van der Waals surface area contributed by atoms with Gasteiger partial charge in [-0.05, 0) is 6.54 Å². The van der Waals surface area contributed by atoms with Gasteiger partial charge in [-0.3, -0.25) is 9.80 Å². The smallest absolute Gasteiger partial charge is 0.374 e. The van der Waals surface area contributed by atoms with Crippen molar-refractivity contribution in [3.63, 3.8) is 0 Å². The summed E-state index contributed by atoms with van der Waals surface area (Å²) in [5.74, 6) is 0. The summed E-state index contributed by atoms with van der Waals surface area (Å²) < 4.78 is 42.7. The molecular weight excluding hydrogens is 247 g/mol. The van der Waals surface area contributed by atoms with Crippen molar-refractivity contribution in [2.75, 3.05) is 52.4 Å². The van der Waals surface area contributed by atoms with E-state index in [0.29, 0.717) is 13.2 Å². The number of hydrogen-bond donors (Lipinski definition) is 1. The van der Waals surface area contributed by atoms with E-state index in [0.717, 1.165) is 13.1 Å². The van der Waals surface area contributed by atoms with E-state index in [1.54, 1.807) is 0 Å². The van der Waals surface area contributed by atoms with Gasteiger partial charge in [-0.15, -0.1) is 0 Å². The van der Waals surface area contributed by atoms with Gasteiger partial charge >= 0.3 is 6.18 Å². The van der Waals surface area contributed by atoms with Crippen molar-refractivity contribution < 1.29 is 17.9 Å². The van der Waals surface area contributed by atoms with Gasteiger partial charge in [-0.2, -0.15) is 13.2 Å². The highest BCUT2D eigenvalue weighted by Gasteiger charge is 2.32. The van der Waals surface area contributed by atoms with Crippen LogP contribution in [0.4, 0.5) is 13.2 Å². The zero-order chi connectivity index (χ0) is 13.6. The van der Waals surface area contributed by atoms with Gasteiger partial charge in [0.05, 0.1) is 19.3 Å². The van der Waals surface area contributed by atoms with E-state index in [2.05, 4.69) is 4.90 Å². The van der Waals surface area contributed by atoms with Crippen molar-refractivity contribution in [1.29, 1.82) is 0 Å². The fraction of sp³-hybridized carbons (Fsp3) is 1.00. The predicted molar refractivity (Wildman–Crippen MR) is 63.4 cm³/mol. The molecule has 0 aromatic rings. The second-order valence-electron chi connectivity index (χ2n) is 4.52. The summed E-state index contributed by atoms with van der Waals surface area (Å²) in [5, 5.41) is 0. The van der Waals surface area contributed by atoms with E-state index < -0.39 is 12.7 Å². The Morgan fingerprint density at radius 3 is 2.72 bits per heavy atom. The minimum absolute atomic E-state index is 0.160. The van der Waals surface area contributed by atoms with Gasteiger partial charge in [-0.25, -0.2) is 0 Å². The molecule has 0 spiro atoms. The van der Waals surface area contributed by atoms with Gasteiger partial charge in [0, 0.05) is 32.7 Å². The molecule has 1 heterocycles. The van der Waals surface area contributed by atoms with Crippen LogP contribution < -0.4 is 5.73 Å². The number of rotatable bonds is 6. The van der Waals surface area contributed by atoms with Crippen molar-refractivity contribution in [2.24, 2.45) is 5.73 Å². The van der Waals surface area contributed by atoms with Gasteiger partial charge in [-0.1, -0.05) is 6.92 Å². The number of ether oxygens (including phenoxy) is 1. The van der Waals surface area contributed by atoms with Crippen LogP contribution in [0.3, 0.4) is 0 Å². The number of hydrogen-bond acceptors (Lipinski definition) is 4. The zero-order valence-corrected chi connectivity index (χ0v) is 10.7. The fourth-order valence-corrected chi connectivity index (χ4v) is 2.14. The molecule has 0 aromatic carbocycles. The lowest BCUT2D eigenvalue weighted by Crippen LogP contribution is -2.49. The van der Waals surface area contributed by atoms with Gasteiger partial charge < -0.3 is 10.5 Å². The van der Waals surface area contributed by atoms with E-state index in [1.165, 1.54) is 4.90 Å². The molecule has 2 N–H and O–H groups in total. The molecule has 1 aliphatic rings. The molecule has 0 radical (unpaired) electrons. The third kappa shape index (κ3) is 5.99. The normalized spacial score (nSPS) is 22.7. The van der Waals surface area contributed by atoms with E-state index in [1.807, 2.05) is 6.92 Å². The highest BCUT2D eigenvalue weighted by atomic mass is 19.4. The molecule has 0 aliphatic carbocycles. The lowest BCUT2D eigenvalue weighted by molar-refractivity contribution is -0.151. The zero-order valence-electron chi connectivity index (χ0n) is 10.7. The first-order chi connectivity index (χ1) is 8.44. The largest absolute Gasteiger partial charge is 0.401 e. The minimum Gasteiger partial charge on any atom is -0.374 e. The fourth-order valence-electron chi connectivity index (χ4n) is 2.14. The molecule has 1 aliphatic heterocycles. The van der Waals surface area contributed by atoms with Gasteiger partial charge in [0.15, 0.2) is 0 Å². The molecular formula is C11H22F3N3O. The predicted octanol–water partition coefficient (Wildman–Crippen LogP) is 0.530. The van der Waals surface area contributed by atoms with Crippen molar-refractivity contribution in [3.05, 3.63) is 0 Å². The van der Waals surface area contributed by atoms with E-state index in [4.69, 9.17) is 10.5 Å². The Kier molecular flexibility index (Phi) is 6.34. The second-order valence-corrected chi connectivity index (χ2v) is 4.52. The highest BCUT2D eigenvalue weighted by Crippen LogP contribution is 2.17. The molecule has 1 saturated heterocycles. The van der Waals surface area contributed by atoms with Gasteiger partial charge in [0.25, 0.3) is 0 Å². The lowest BCUT2D eigenvalue weighted by atomic mass is 10.2. The number of halogens is 3. The average molecular weight is 269 g/mol. The maximum Gasteiger partial charge on any atom is 0.401 e. The number of morpholine rings is 1. The summed E-state index contributed by atoms with van der Waals surface area (Å²) >= 11 is 0. The van der Waals surface area contributed by atoms with Crippen molar-refractivity contribution in [2.45, 2.75) is 19.2 Å². The molecule has 7 heteroatoms. The van der Waals surface area contributed by atoms with E-state index in [9.17, 15) is 13.2 Å². The quantitative estimate of drug-likeness (QED) is 0.764. The van der Waals surface area contributed by atoms with Crippen LogP contribution in [0.5, 0.6) is 0 Å². The van der Waals surface area contributed by atoms with Crippen molar-refractivity contribution >= 4 is 0 Å². The number of alkyl halides is 3. The van der Waals surface area contributed by atoms with Gasteiger partial charge in [0.1, 0.15) is 0 Å². The molecule has 0 aromatic heterocycles. The van der Waals surface area contributed by atoms with Crippen LogP contribution in [0, 0.1) is 0 Å². The second kappa shape index (κ2) is 7.28. The summed E-state index contributed by atoms with van der Waals surface area (Å²) in [6.45, 7) is 4.89. The Bertz CT molecular complexity index is 238. The first kappa shape index (κ1) is 15.7. The van der Waals surface area contributed by atoms with Crippen molar-refractivity contribution in [1.82, 2.24) is 9.80 Å². The Balaban J connectivity index is 2.44. The Labute approximate surface area is 106 Å². The highest BCUT2D eigenvalue weighted by molar-refractivity contribution is 4.76. The van der Waals surface area contributed by atoms with Crippen molar-refractivity contribution in [3.8, 4) is 0 Å². The SMILES string of the molecule is CCN1CCOC(CN(CCN)CC(F)(F)F)C1. The Hall–Kier alpha value is -0.370. The number of nitrogens with zero attached hydrogens (tertiary/aromatic N) is 2. The van der Waals surface area contributed by atoms with Crippen LogP contribution in [0.15, 0.2) is 0 Å². The van der Waals surface area contributed by atoms with Crippen LogP contribution >= 0.6 is 0 Å². The minimum atomic E-state index is -4.19. The third-order valence-corrected chi connectivity index (χ3v) is 2.98. The summed E-state index contributed by atoms with van der Waals surface area (Å²) in [6.07, 6.45) is -4.35. The first-order valence-electron chi connectivity index (χ1n) is 6.27. The maximum atomic E-state index is 12.4. The molecule has 4 nitrogen and oxygen atoms in total. The van der Waals surface area contributed by atoms with Crippen LogP contribution in [0.2, 0.25) is 0 Å².